The quantitative estimate of drug-likeness (QED) is 0.297. The normalized spacial score (nSPS) is 12.9. The molecule has 0 heterocycles. The first-order chi connectivity index (χ1) is 10.8. The predicted molar refractivity (Wildman–Crippen MR) is 104 cm³/mol. The van der Waals surface area contributed by atoms with Crippen LogP contribution in [0.15, 0.2) is 29.3 Å². The highest BCUT2D eigenvalue weighted by molar-refractivity contribution is 14.0. The monoisotopic (exact) mass is 474 g/mol. The Morgan fingerprint density at radius 3 is 2.62 bits per heavy atom. The molecule has 0 aliphatic heterocycles. The van der Waals surface area contributed by atoms with Gasteiger partial charge in [-0.15, -0.1) is 24.0 Å². The molecule has 7 nitrogen and oxygen atoms in total. The van der Waals surface area contributed by atoms with Crippen LogP contribution in [0.25, 0.3) is 0 Å². The molecule has 0 aliphatic carbocycles. The molecular formula is C14H24FIN4O3S. The van der Waals surface area contributed by atoms with Gasteiger partial charge in [0.1, 0.15) is 6.10 Å². The van der Waals surface area contributed by atoms with Crippen molar-refractivity contribution in [3.05, 3.63) is 30.1 Å². The Morgan fingerprint density at radius 2 is 2.04 bits per heavy atom. The van der Waals surface area contributed by atoms with Crippen LogP contribution in [0.2, 0.25) is 0 Å². The number of rotatable bonds is 8. The first-order valence-electron chi connectivity index (χ1n) is 7.25. The summed E-state index contributed by atoms with van der Waals surface area (Å²) < 4.78 is 40.8. The van der Waals surface area contributed by atoms with E-state index < -0.39 is 15.8 Å². The lowest BCUT2D eigenvalue weighted by Gasteiger charge is -2.15. The largest absolute Gasteiger partial charge is 0.486 e. The number of guanidine groups is 1. The topological polar surface area (TPSA) is 106 Å². The molecule has 1 rings (SSSR count). The van der Waals surface area contributed by atoms with Gasteiger partial charge in [0.2, 0.25) is 10.0 Å². The number of benzene rings is 1. The molecule has 1 aromatic carbocycles. The Hall–Kier alpha value is -1.14. The van der Waals surface area contributed by atoms with Crippen molar-refractivity contribution in [1.82, 2.24) is 10.6 Å². The summed E-state index contributed by atoms with van der Waals surface area (Å²) in [6, 6.07) is 6.15. The van der Waals surface area contributed by atoms with Crippen LogP contribution in [-0.2, 0) is 10.0 Å². The van der Waals surface area contributed by atoms with Gasteiger partial charge in [-0.3, -0.25) is 0 Å². The molecule has 10 heteroatoms. The van der Waals surface area contributed by atoms with E-state index in [1.54, 1.807) is 25.1 Å². The van der Waals surface area contributed by atoms with Crippen LogP contribution >= 0.6 is 24.0 Å². The van der Waals surface area contributed by atoms with E-state index in [1.165, 1.54) is 6.07 Å². The zero-order valence-corrected chi connectivity index (χ0v) is 16.8. The third-order valence-electron chi connectivity index (χ3n) is 2.69. The SMILES string of the molecule is CCNC(=NCC(C)Oc1ccccc1F)NCCS(N)(=O)=O.I. The lowest BCUT2D eigenvalue weighted by molar-refractivity contribution is 0.220. The average Bonchev–Trinajstić information content (AvgIpc) is 2.46. The number of aliphatic imine (C=N–C) groups is 1. The molecule has 0 saturated carbocycles. The Kier molecular flexibility index (Phi) is 10.9. The lowest BCUT2D eigenvalue weighted by atomic mass is 10.3. The summed E-state index contributed by atoms with van der Waals surface area (Å²) in [6.45, 7) is 4.69. The first-order valence-corrected chi connectivity index (χ1v) is 8.97. The minimum absolute atomic E-state index is 0. The van der Waals surface area contributed by atoms with Crippen LogP contribution in [0, 0.1) is 5.82 Å². The summed E-state index contributed by atoms with van der Waals surface area (Å²) in [6.07, 6.45) is -0.347. The fourth-order valence-corrected chi connectivity index (χ4v) is 2.05. The first kappa shape index (κ1) is 22.9. The van der Waals surface area contributed by atoms with Gasteiger partial charge in [0.05, 0.1) is 12.3 Å². The van der Waals surface area contributed by atoms with Crippen LogP contribution < -0.4 is 20.5 Å². The summed E-state index contributed by atoms with van der Waals surface area (Å²) in [5.41, 5.74) is 0. The number of sulfonamides is 1. The summed E-state index contributed by atoms with van der Waals surface area (Å²) in [7, 11) is -3.52. The molecule has 4 N–H and O–H groups in total. The number of ether oxygens (including phenoxy) is 1. The van der Waals surface area contributed by atoms with Crippen molar-refractivity contribution in [3.8, 4) is 5.75 Å². The molecule has 0 bridgehead atoms. The van der Waals surface area contributed by atoms with Crippen molar-refractivity contribution in [2.45, 2.75) is 20.0 Å². The molecule has 24 heavy (non-hydrogen) atoms. The third-order valence-corrected chi connectivity index (χ3v) is 3.47. The second kappa shape index (κ2) is 11.4. The van der Waals surface area contributed by atoms with E-state index in [9.17, 15) is 12.8 Å². The number of para-hydroxylation sites is 1. The van der Waals surface area contributed by atoms with E-state index in [2.05, 4.69) is 15.6 Å². The average molecular weight is 474 g/mol. The summed E-state index contributed by atoms with van der Waals surface area (Å²) in [4.78, 5) is 4.27. The van der Waals surface area contributed by atoms with Crippen molar-refractivity contribution in [3.63, 3.8) is 0 Å². The maximum Gasteiger partial charge on any atom is 0.210 e. The maximum absolute atomic E-state index is 13.5. The van der Waals surface area contributed by atoms with E-state index in [4.69, 9.17) is 9.88 Å². The Labute approximate surface area is 159 Å². The molecule has 1 aromatic rings. The second-order valence-corrected chi connectivity index (χ2v) is 6.61. The Bertz CT molecular complexity index is 628. The molecular weight excluding hydrogens is 450 g/mol. The van der Waals surface area contributed by atoms with Crippen LogP contribution in [0.5, 0.6) is 5.75 Å². The molecule has 0 amide bonds. The number of hydrogen-bond acceptors (Lipinski definition) is 4. The van der Waals surface area contributed by atoms with E-state index in [0.29, 0.717) is 12.5 Å². The van der Waals surface area contributed by atoms with Crippen molar-refractivity contribution in [2.24, 2.45) is 10.1 Å². The van der Waals surface area contributed by atoms with Crippen LogP contribution in [0.3, 0.4) is 0 Å². The molecule has 0 saturated heterocycles. The van der Waals surface area contributed by atoms with Gasteiger partial charge in [-0.2, -0.15) is 0 Å². The lowest BCUT2D eigenvalue weighted by Crippen LogP contribution is -2.41. The van der Waals surface area contributed by atoms with Crippen LogP contribution in [0.1, 0.15) is 13.8 Å². The van der Waals surface area contributed by atoms with Gasteiger partial charge >= 0.3 is 0 Å². The minimum atomic E-state index is -3.52. The number of hydrogen-bond donors (Lipinski definition) is 3. The molecule has 0 fully saturated rings. The number of primary sulfonamides is 1. The Balaban J connectivity index is 0.00000529. The fourth-order valence-electron chi connectivity index (χ4n) is 1.67. The zero-order valence-electron chi connectivity index (χ0n) is 13.7. The predicted octanol–water partition coefficient (Wildman–Crippen LogP) is 1.05. The van der Waals surface area contributed by atoms with Crippen molar-refractivity contribution < 1.29 is 17.5 Å². The standard InChI is InChI=1S/C14H23FN4O3S.HI/c1-3-17-14(18-8-9-23(16,20)21)19-10-11(2)22-13-7-5-4-6-12(13)15;/h4-7,11H,3,8-10H2,1-2H3,(H2,16,20,21)(H2,17,18,19);1H. The minimum Gasteiger partial charge on any atom is -0.486 e. The summed E-state index contributed by atoms with van der Waals surface area (Å²) in [5.74, 6) is -0.0115. The molecule has 0 aliphatic rings. The van der Waals surface area contributed by atoms with E-state index in [1.807, 2.05) is 6.92 Å². The van der Waals surface area contributed by atoms with Crippen molar-refractivity contribution in [1.29, 1.82) is 0 Å². The van der Waals surface area contributed by atoms with E-state index >= 15 is 0 Å². The molecule has 1 unspecified atom stereocenters. The highest BCUT2D eigenvalue weighted by Crippen LogP contribution is 2.16. The highest BCUT2D eigenvalue weighted by Gasteiger charge is 2.08. The molecule has 0 radical (unpaired) electrons. The molecule has 0 aromatic heterocycles. The fraction of sp³-hybridized carbons (Fsp3) is 0.500. The van der Waals surface area contributed by atoms with E-state index in [-0.39, 0.29) is 54.7 Å². The van der Waals surface area contributed by atoms with Gasteiger partial charge in [-0.1, -0.05) is 12.1 Å². The van der Waals surface area contributed by atoms with Crippen LogP contribution in [0.4, 0.5) is 4.39 Å². The van der Waals surface area contributed by atoms with Gasteiger partial charge in [0.15, 0.2) is 17.5 Å². The van der Waals surface area contributed by atoms with Gasteiger partial charge in [0, 0.05) is 13.1 Å². The smallest absolute Gasteiger partial charge is 0.210 e. The highest BCUT2D eigenvalue weighted by atomic mass is 127. The summed E-state index contributed by atoms with van der Waals surface area (Å²) >= 11 is 0. The van der Waals surface area contributed by atoms with Crippen molar-refractivity contribution >= 4 is 40.0 Å². The number of halogens is 2. The van der Waals surface area contributed by atoms with Crippen molar-refractivity contribution in [2.75, 3.05) is 25.4 Å². The molecule has 138 valence electrons. The third kappa shape index (κ3) is 9.88. The second-order valence-electron chi connectivity index (χ2n) is 4.87. The van der Waals surface area contributed by atoms with Gasteiger partial charge in [-0.05, 0) is 26.0 Å². The number of nitrogens with one attached hydrogen (secondary N) is 2. The zero-order chi connectivity index (χ0) is 17.3. The molecule has 0 spiro atoms. The number of nitrogens with two attached hydrogens (primary N) is 1. The molecule has 1 atom stereocenters. The Morgan fingerprint density at radius 1 is 1.38 bits per heavy atom. The van der Waals surface area contributed by atoms with Gasteiger partial charge in [0.25, 0.3) is 0 Å². The van der Waals surface area contributed by atoms with E-state index in [0.717, 1.165) is 0 Å². The number of nitrogens with zero attached hydrogens (tertiary/aromatic N) is 1. The summed E-state index contributed by atoms with van der Waals surface area (Å²) in [5, 5.41) is 10.8. The van der Waals surface area contributed by atoms with Gasteiger partial charge < -0.3 is 15.4 Å². The van der Waals surface area contributed by atoms with Crippen LogP contribution in [-0.4, -0.2) is 45.9 Å². The maximum atomic E-state index is 13.5. The van der Waals surface area contributed by atoms with Gasteiger partial charge in [-0.25, -0.2) is 22.9 Å².